The van der Waals surface area contributed by atoms with Crippen molar-refractivity contribution in [3.63, 3.8) is 0 Å². The zero-order chi connectivity index (χ0) is 19.9. The van der Waals surface area contributed by atoms with E-state index in [4.69, 9.17) is 0 Å². The van der Waals surface area contributed by atoms with Gasteiger partial charge < -0.3 is 10.6 Å². The van der Waals surface area contributed by atoms with E-state index in [1.54, 1.807) is 18.2 Å². The third-order valence-electron chi connectivity index (χ3n) is 5.47. The van der Waals surface area contributed by atoms with E-state index < -0.39 is 0 Å². The number of nitrogens with one attached hydrogen (secondary N) is 2. The Balaban J connectivity index is 1.40. The van der Waals surface area contributed by atoms with Crippen LogP contribution >= 0.6 is 0 Å². The molecule has 0 atom stereocenters. The van der Waals surface area contributed by atoms with Crippen molar-refractivity contribution >= 4 is 11.8 Å². The predicted molar refractivity (Wildman–Crippen MR) is 107 cm³/mol. The summed E-state index contributed by atoms with van der Waals surface area (Å²) in [5, 5.41) is 5.83. The van der Waals surface area contributed by atoms with Gasteiger partial charge in [0.1, 0.15) is 5.82 Å². The summed E-state index contributed by atoms with van der Waals surface area (Å²) in [4.78, 5) is 24.8. The highest BCUT2D eigenvalue weighted by molar-refractivity contribution is 5.81. The Hall–Kier alpha value is -2.69. The van der Waals surface area contributed by atoms with Crippen LogP contribution in [0.15, 0.2) is 48.5 Å². The molecule has 5 heteroatoms. The molecule has 1 fully saturated rings. The molecule has 0 aromatic heterocycles. The van der Waals surface area contributed by atoms with E-state index in [9.17, 15) is 14.0 Å². The summed E-state index contributed by atoms with van der Waals surface area (Å²) in [5.74, 6) is -0.446. The number of carbonyl (C=O) groups excluding carboxylic acids is 2. The summed E-state index contributed by atoms with van der Waals surface area (Å²) in [6.07, 6.45) is 2.78. The third-order valence-corrected chi connectivity index (χ3v) is 5.47. The molecule has 1 aliphatic carbocycles. The van der Waals surface area contributed by atoms with Gasteiger partial charge in [0.2, 0.25) is 11.8 Å². The summed E-state index contributed by atoms with van der Waals surface area (Å²) in [6, 6.07) is 14.6. The standard InChI is InChI=1S/C23H27FN2O2/c1-16-6-8-17(9-7-16)14-25-22(27)18-10-12-19(13-11-18)23(28)26-15-20-4-2-3-5-21(20)24/h2-9,18-19H,10-15H2,1H3,(H,25,27)(H,26,28). The number of amides is 2. The molecule has 2 aromatic rings. The molecule has 2 aromatic carbocycles. The molecule has 2 amide bonds. The average Bonchev–Trinajstić information content (AvgIpc) is 2.72. The quantitative estimate of drug-likeness (QED) is 0.797. The average molecular weight is 382 g/mol. The van der Waals surface area contributed by atoms with Crippen molar-refractivity contribution in [2.45, 2.75) is 45.7 Å². The zero-order valence-corrected chi connectivity index (χ0v) is 16.2. The van der Waals surface area contributed by atoms with Gasteiger partial charge in [-0.2, -0.15) is 0 Å². The molecule has 0 bridgehead atoms. The molecular formula is C23H27FN2O2. The van der Waals surface area contributed by atoms with E-state index in [-0.39, 0.29) is 36.0 Å². The van der Waals surface area contributed by atoms with Crippen molar-refractivity contribution in [2.75, 3.05) is 0 Å². The number of carbonyl (C=O) groups is 2. The monoisotopic (exact) mass is 382 g/mol. The second kappa shape index (κ2) is 9.49. The van der Waals surface area contributed by atoms with E-state index in [1.165, 1.54) is 11.6 Å². The van der Waals surface area contributed by atoms with Crippen LogP contribution < -0.4 is 10.6 Å². The van der Waals surface area contributed by atoms with Gasteiger partial charge in [0.05, 0.1) is 0 Å². The summed E-state index contributed by atoms with van der Waals surface area (Å²) >= 11 is 0. The van der Waals surface area contributed by atoms with Gasteiger partial charge >= 0.3 is 0 Å². The summed E-state index contributed by atoms with van der Waals surface area (Å²) in [7, 11) is 0. The fourth-order valence-electron chi connectivity index (χ4n) is 3.63. The number of rotatable bonds is 6. The lowest BCUT2D eigenvalue weighted by Gasteiger charge is -2.27. The van der Waals surface area contributed by atoms with Crippen molar-refractivity contribution in [1.29, 1.82) is 0 Å². The summed E-state index contributed by atoms with van der Waals surface area (Å²) in [6.45, 7) is 2.76. The maximum absolute atomic E-state index is 13.6. The van der Waals surface area contributed by atoms with E-state index in [2.05, 4.69) is 10.6 Å². The highest BCUT2D eigenvalue weighted by Gasteiger charge is 2.29. The molecule has 1 aliphatic rings. The fourth-order valence-corrected chi connectivity index (χ4v) is 3.63. The van der Waals surface area contributed by atoms with Crippen molar-refractivity contribution in [3.05, 3.63) is 71.0 Å². The van der Waals surface area contributed by atoms with Crippen LogP contribution in [-0.4, -0.2) is 11.8 Å². The van der Waals surface area contributed by atoms with Crippen LogP contribution in [0.3, 0.4) is 0 Å². The molecular weight excluding hydrogens is 355 g/mol. The van der Waals surface area contributed by atoms with E-state index >= 15 is 0 Å². The molecule has 0 unspecified atom stereocenters. The Bertz CT molecular complexity index is 812. The molecule has 1 saturated carbocycles. The Morgan fingerprint density at radius 3 is 1.96 bits per heavy atom. The van der Waals surface area contributed by atoms with Crippen LogP contribution in [0.25, 0.3) is 0 Å². The first-order chi connectivity index (χ1) is 13.5. The lowest BCUT2D eigenvalue weighted by Crippen LogP contribution is -2.37. The molecule has 148 valence electrons. The van der Waals surface area contributed by atoms with Crippen LogP contribution in [-0.2, 0) is 22.7 Å². The SMILES string of the molecule is Cc1ccc(CNC(=O)C2CCC(C(=O)NCc3ccccc3F)CC2)cc1. The second-order valence-corrected chi connectivity index (χ2v) is 7.56. The van der Waals surface area contributed by atoms with Gasteiger partial charge in [-0.05, 0) is 44.2 Å². The normalized spacial score (nSPS) is 19.1. The Kier molecular flexibility index (Phi) is 6.80. The Morgan fingerprint density at radius 2 is 1.39 bits per heavy atom. The van der Waals surface area contributed by atoms with Crippen LogP contribution in [0.1, 0.15) is 42.4 Å². The molecule has 3 rings (SSSR count). The van der Waals surface area contributed by atoms with Crippen LogP contribution in [0, 0.1) is 24.6 Å². The van der Waals surface area contributed by atoms with Crippen molar-refractivity contribution in [1.82, 2.24) is 10.6 Å². The second-order valence-electron chi connectivity index (χ2n) is 7.56. The minimum Gasteiger partial charge on any atom is -0.352 e. The van der Waals surface area contributed by atoms with Gasteiger partial charge in [-0.15, -0.1) is 0 Å². The molecule has 0 saturated heterocycles. The van der Waals surface area contributed by atoms with Crippen molar-refractivity contribution in [2.24, 2.45) is 11.8 Å². The third kappa shape index (κ3) is 5.41. The molecule has 2 N–H and O–H groups in total. The van der Waals surface area contributed by atoms with Gasteiger partial charge in [0.25, 0.3) is 0 Å². The van der Waals surface area contributed by atoms with Crippen LogP contribution in [0.5, 0.6) is 0 Å². The molecule has 4 nitrogen and oxygen atoms in total. The molecule has 0 spiro atoms. The smallest absolute Gasteiger partial charge is 0.223 e. The number of aryl methyl sites for hydroxylation is 1. The van der Waals surface area contributed by atoms with Crippen LogP contribution in [0.2, 0.25) is 0 Å². The first kappa shape index (κ1) is 20.1. The highest BCUT2D eigenvalue weighted by Crippen LogP contribution is 2.29. The number of benzene rings is 2. The minimum atomic E-state index is -0.309. The fraction of sp³-hybridized carbons (Fsp3) is 0.391. The minimum absolute atomic E-state index is 0.0407. The maximum atomic E-state index is 13.6. The predicted octanol–water partition coefficient (Wildman–Crippen LogP) is 3.87. The Labute approximate surface area is 165 Å². The van der Waals surface area contributed by atoms with Gasteiger partial charge in [-0.1, -0.05) is 48.0 Å². The number of hydrogen-bond donors (Lipinski definition) is 2. The van der Waals surface area contributed by atoms with Gasteiger partial charge in [0.15, 0.2) is 0 Å². The first-order valence-electron chi connectivity index (χ1n) is 9.87. The van der Waals surface area contributed by atoms with Crippen LogP contribution in [0.4, 0.5) is 4.39 Å². The molecule has 0 radical (unpaired) electrons. The maximum Gasteiger partial charge on any atom is 0.223 e. The Morgan fingerprint density at radius 1 is 0.857 bits per heavy atom. The van der Waals surface area contributed by atoms with E-state index in [0.29, 0.717) is 37.8 Å². The molecule has 0 aliphatic heterocycles. The van der Waals surface area contributed by atoms with Gasteiger partial charge in [-0.25, -0.2) is 4.39 Å². The lowest BCUT2D eigenvalue weighted by atomic mass is 9.81. The van der Waals surface area contributed by atoms with Gasteiger partial charge in [-0.3, -0.25) is 9.59 Å². The number of hydrogen-bond acceptors (Lipinski definition) is 2. The van der Waals surface area contributed by atoms with E-state index in [0.717, 1.165) is 5.56 Å². The van der Waals surface area contributed by atoms with Gasteiger partial charge in [0, 0.05) is 30.5 Å². The first-order valence-corrected chi connectivity index (χ1v) is 9.87. The largest absolute Gasteiger partial charge is 0.352 e. The molecule has 0 heterocycles. The molecule has 28 heavy (non-hydrogen) atoms. The van der Waals surface area contributed by atoms with Crippen molar-refractivity contribution in [3.8, 4) is 0 Å². The summed E-state index contributed by atoms with van der Waals surface area (Å²) < 4.78 is 13.6. The van der Waals surface area contributed by atoms with E-state index in [1.807, 2.05) is 31.2 Å². The summed E-state index contributed by atoms with van der Waals surface area (Å²) in [5.41, 5.74) is 2.77. The topological polar surface area (TPSA) is 58.2 Å². The highest BCUT2D eigenvalue weighted by atomic mass is 19.1. The number of halogens is 1. The lowest BCUT2D eigenvalue weighted by molar-refractivity contribution is -0.130. The van der Waals surface area contributed by atoms with Crippen molar-refractivity contribution < 1.29 is 14.0 Å². The zero-order valence-electron chi connectivity index (χ0n) is 16.2.